The highest BCUT2D eigenvalue weighted by Gasteiger charge is 2.58. The monoisotopic (exact) mass is 320 g/mol. The Morgan fingerprint density at radius 1 is 1.36 bits per heavy atom. The van der Waals surface area contributed by atoms with E-state index in [1.54, 1.807) is 0 Å². The molecule has 1 saturated heterocycles. The van der Waals surface area contributed by atoms with Gasteiger partial charge in [-0.15, -0.1) is 0 Å². The number of nitrogens with zero attached hydrogens (tertiary/aromatic N) is 1. The molecule has 22 heavy (non-hydrogen) atoms. The van der Waals surface area contributed by atoms with Gasteiger partial charge in [-0.2, -0.15) is 0 Å². The summed E-state index contributed by atoms with van der Waals surface area (Å²) in [5.41, 5.74) is 1.54. The highest BCUT2D eigenvalue weighted by atomic mass is 35.5. The van der Waals surface area contributed by atoms with Crippen LogP contribution in [0, 0.1) is 11.3 Å². The molecule has 2 fully saturated rings. The number of nitrogens with one attached hydrogen (secondary N) is 1. The Bertz CT molecular complexity index is 537. The van der Waals surface area contributed by atoms with Gasteiger partial charge in [0.2, 0.25) is 5.91 Å². The largest absolute Gasteiger partial charge is 0.342 e. The van der Waals surface area contributed by atoms with Crippen molar-refractivity contribution >= 4 is 17.5 Å². The number of carbonyl (C=O) groups excluding carboxylic acids is 1. The molecule has 1 spiro atoms. The van der Waals surface area contributed by atoms with E-state index in [1.165, 1.54) is 5.56 Å². The molecule has 1 amide bonds. The highest BCUT2D eigenvalue weighted by molar-refractivity contribution is 6.30. The number of carbonyl (C=O) groups is 1. The van der Waals surface area contributed by atoms with E-state index in [2.05, 4.69) is 12.2 Å². The molecule has 1 aromatic carbocycles. The fourth-order valence-corrected chi connectivity index (χ4v) is 3.86. The van der Waals surface area contributed by atoms with Gasteiger partial charge in [0.15, 0.2) is 0 Å². The van der Waals surface area contributed by atoms with Gasteiger partial charge >= 0.3 is 0 Å². The number of amides is 1. The standard InChI is InChI=1S/C18H25ClN2O/c1-13(11-14-3-5-15(19)6-4-14)21(2)17(22)16-12-18(16)7-9-20-10-8-18/h3-6,13,16,20H,7-12H2,1-2H3. The molecule has 2 atom stereocenters. The third kappa shape index (κ3) is 3.16. The predicted molar refractivity (Wildman–Crippen MR) is 90.0 cm³/mol. The van der Waals surface area contributed by atoms with Crippen molar-refractivity contribution in [1.29, 1.82) is 0 Å². The van der Waals surface area contributed by atoms with Gasteiger partial charge in [-0.3, -0.25) is 4.79 Å². The second-order valence-corrected chi connectivity index (χ2v) is 7.43. The van der Waals surface area contributed by atoms with Gasteiger partial charge in [0.1, 0.15) is 0 Å². The van der Waals surface area contributed by atoms with Crippen LogP contribution in [0.25, 0.3) is 0 Å². The summed E-state index contributed by atoms with van der Waals surface area (Å²) in [6.45, 7) is 4.26. The average Bonchev–Trinajstić information content (AvgIpc) is 3.21. The molecule has 120 valence electrons. The van der Waals surface area contributed by atoms with E-state index < -0.39 is 0 Å². The van der Waals surface area contributed by atoms with Crippen LogP contribution < -0.4 is 5.32 Å². The average molecular weight is 321 g/mol. The summed E-state index contributed by atoms with van der Waals surface area (Å²) >= 11 is 5.92. The van der Waals surface area contributed by atoms with Crippen molar-refractivity contribution in [3.8, 4) is 0 Å². The summed E-state index contributed by atoms with van der Waals surface area (Å²) in [4.78, 5) is 14.7. The van der Waals surface area contributed by atoms with Crippen molar-refractivity contribution in [3.63, 3.8) is 0 Å². The summed E-state index contributed by atoms with van der Waals surface area (Å²) < 4.78 is 0. The van der Waals surface area contributed by atoms with E-state index in [1.807, 2.05) is 36.2 Å². The molecular weight excluding hydrogens is 296 g/mol. The molecule has 4 heteroatoms. The maximum absolute atomic E-state index is 12.7. The molecule has 2 unspecified atom stereocenters. The number of likely N-dealkylation sites (N-methyl/N-ethyl adjacent to an activating group) is 1. The second kappa shape index (κ2) is 6.21. The number of hydrogen-bond donors (Lipinski definition) is 1. The van der Waals surface area contributed by atoms with Crippen molar-refractivity contribution in [2.45, 2.75) is 38.6 Å². The molecule has 1 heterocycles. The maximum Gasteiger partial charge on any atom is 0.226 e. The predicted octanol–water partition coefficient (Wildman–Crippen LogP) is 3.12. The van der Waals surface area contributed by atoms with Crippen molar-refractivity contribution in [2.75, 3.05) is 20.1 Å². The second-order valence-electron chi connectivity index (χ2n) is 7.00. The molecule has 1 aromatic rings. The van der Waals surface area contributed by atoms with Gasteiger partial charge < -0.3 is 10.2 Å². The van der Waals surface area contributed by atoms with Crippen LogP contribution in [0.2, 0.25) is 5.02 Å². The smallest absolute Gasteiger partial charge is 0.226 e. The Morgan fingerprint density at radius 3 is 2.64 bits per heavy atom. The first-order valence-electron chi connectivity index (χ1n) is 8.24. The first-order chi connectivity index (χ1) is 10.5. The van der Waals surface area contributed by atoms with Gasteiger partial charge in [0.05, 0.1) is 0 Å². The van der Waals surface area contributed by atoms with E-state index in [4.69, 9.17) is 11.6 Å². The first kappa shape index (κ1) is 15.8. The van der Waals surface area contributed by atoms with E-state index in [-0.39, 0.29) is 12.0 Å². The Morgan fingerprint density at radius 2 is 2.00 bits per heavy atom. The zero-order valence-corrected chi connectivity index (χ0v) is 14.2. The highest BCUT2D eigenvalue weighted by Crippen LogP contribution is 2.59. The minimum atomic E-state index is 0.216. The zero-order valence-electron chi connectivity index (χ0n) is 13.4. The van der Waals surface area contributed by atoms with Gasteiger partial charge in [-0.1, -0.05) is 23.7 Å². The van der Waals surface area contributed by atoms with E-state index >= 15 is 0 Å². The number of piperidine rings is 1. The molecule has 1 N–H and O–H groups in total. The number of rotatable bonds is 4. The Kier molecular flexibility index (Phi) is 4.47. The maximum atomic E-state index is 12.7. The third-order valence-electron chi connectivity index (χ3n) is 5.54. The Balaban J connectivity index is 1.57. The molecule has 1 aliphatic heterocycles. The molecular formula is C18H25ClN2O. The SMILES string of the molecule is CC(Cc1ccc(Cl)cc1)N(C)C(=O)C1CC12CCNCC2. The van der Waals surface area contributed by atoms with Gasteiger partial charge in [-0.25, -0.2) is 0 Å². The Hall–Kier alpha value is -1.06. The molecule has 2 aliphatic rings. The molecule has 0 radical (unpaired) electrons. The third-order valence-corrected chi connectivity index (χ3v) is 5.79. The van der Waals surface area contributed by atoms with Gasteiger partial charge in [-0.05, 0) is 68.8 Å². The summed E-state index contributed by atoms with van der Waals surface area (Å²) in [6, 6.07) is 8.13. The van der Waals surface area contributed by atoms with E-state index in [9.17, 15) is 4.79 Å². The van der Waals surface area contributed by atoms with E-state index in [0.717, 1.165) is 43.8 Å². The fourth-order valence-electron chi connectivity index (χ4n) is 3.74. The summed E-state index contributed by atoms with van der Waals surface area (Å²) in [7, 11) is 1.95. The van der Waals surface area contributed by atoms with Crippen LogP contribution in [0.1, 0.15) is 31.7 Å². The van der Waals surface area contributed by atoms with Crippen molar-refractivity contribution in [2.24, 2.45) is 11.3 Å². The van der Waals surface area contributed by atoms with Gasteiger partial charge in [0.25, 0.3) is 0 Å². The molecule has 1 aliphatic carbocycles. The molecule has 1 saturated carbocycles. The quantitative estimate of drug-likeness (QED) is 0.924. The lowest BCUT2D eigenvalue weighted by atomic mass is 9.91. The van der Waals surface area contributed by atoms with Crippen molar-refractivity contribution in [1.82, 2.24) is 10.2 Å². The Labute approximate surface area is 138 Å². The lowest BCUT2D eigenvalue weighted by Crippen LogP contribution is -2.39. The van der Waals surface area contributed by atoms with E-state index in [0.29, 0.717) is 11.3 Å². The lowest BCUT2D eigenvalue weighted by Gasteiger charge is -2.28. The minimum Gasteiger partial charge on any atom is -0.342 e. The molecule has 3 rings (SSSR count). The number of halogens is 1. The minimum absolute atomic E-state index is 0.216. The van der Waals surface area contributed by atoms with Gasteiger partial charge in [0, 0.05) is 24.0 Å². The van der Waals surface area contributed by atoms with Crippen LogP contribution >= 0.6 is 11.6 Å². The van der Waals surface area contributed by atoms with Crippen LogP contribution in [0.15, 0.2) is 24.3 Å². The van der Waals surface area contributed by atoms with Crippen LogP contribution in [-0.2, 0) is 11.2 Å². The summed E-state index contributed by atoms with van der Waals surface area (Å²) in [5.74, 6) is 0.593. The zero-order chi connectivity index (χ0) is 15.7. The van der Waals surface area contributed by atoms with Crippen LogP contribution in [0.3, 0.4) is 0 Å². The number of hydrogen-bond acceptors (Lipinski definition) is 2. The summed E-state index contributed by atoms with van der Waals surface area (Å²) in [5, 5.41) is 4.15. The van der Waals surface area contributed by atoms with Crippen LogP contribution in [0.4, 0.5) is 0 Å². The van der Waals surface area contributed by atoms with Crippen LogP contribution in [0.5, 0.6) is 0 Å². The normalized spacial score (nSPS) is 24.0. The van der Waals surface area contributed by atoms with Crippen molar-refractivity contribution < 1.29 is 4.79 Å². The fraction of sp³-hybridized carbons (Fsp3) is 0.611. The van der Waals surface area contributed by atoms with Crippen molar-refractivity contribution in [3.05, 3.63) is 34.9 Å². The number of benzene rings is 1. The van der Waals surface area contributed by atoms with Crippen LogP contribution in [-0.4, -0.2) is 37.0 Å². The molecule has 3 nitrogen and oxygen atoms in total. The first-order valence-corrected chi connectivity index (χ1v) is 8.61. The lowest BCUT2D eigenvalue weighted by molar-refractivity contribution is -0.134. The summed E-state index contributed by atoms with van der Waals surface area (Å²) in [6.07, 6.45) is 4.28. The molecule has 0 bridgehead atoms. The molecule has 0 aromatic heterocycles. The topological polar surface area (TPSA) is 32.3 Å².